The number of thioether (sulfide) groups is 1. The molecule has 0 fully saturated rings. The maximum Gasteiger partial charge on any atom is 0.186 e. The summed E-state index contributed by atoms with van der Waals surface area (Å²) in [6.45, 7) is 1.55. The first-order valence-corrected chi connectivity index (χ1v) is 6.23. The highest BCUT2D eigenvalue weighted by Crippen LogP contribution is 2.21. The zero-order chi connectivity index (χ0) is 12.7. The predicted molar refractivity (Wildman–Crippen MR) is 71.1 cm³/mol. The Labute approximate surface area is 105 Å². The van der Waals surface area contributed by atoms with Crippen LogP contribution in [0.3, 0.4) is 0 Å². The van der Waals surface area contributed by atoms with E-state index in [9.17, 15) is 4.79 Å². The van der Waals surface area contributed by atoms with Gasteiger partial charge in [0.25, 0.3) is 0 Å². The van der Waals surface area contributed by atoms with E-state index in [2.05, 4.69) is 0 Å². The van der Waals surface area contributed by atoms with Gasteiger partial charge >= 0.3 is 0 Å². The van der Waals surface area contributed by atoms with Crippen molar-refractivity contribution in [2.45, 2.75) is 13.5 Å². The van der Waals surface area contributed by atoms with Gasteiger partial charge < -0.3 is 9.84 Å². The van der Waals surface area contributed by atoms with Crippen molar-refractivity contribution in [3.8, 4) is 5.75 Å². The molecule has 3 nitrogen and oxygen atoms in total. The molecule has 4 heteroatoms. The molecule has 0 atom stereocenters. The Morgan fingerprint density at radius 1 is 1.53 bits per heavy atom. The van der Waals surface area contributed by atoms with Gasteiger partial charge in [0.15, 0.2) is 5.12 Å². The fourth-order valence-corrected chi connectivity index (χ4v) is 1.78. The summed E-state index contributed by atoms with van der Waals surface area (Å²) in [5.41, 5.74) is 1.74. The summed E-state index contributed by atoms with van der Waals surface area (Å²) in [4.78, 5) is 10.7. The number of benzene rings is 1. The first kappa shape index (κ1) is 13.8. The number of aliphatic hydroxyl groups excluding tert-OH is 1. The van der Waals surface area contributed by atoms with Crippen LogP contribution in [0.15, 0.2) is 24.3 Å². The maximum atomic E-state index is 10.7. The zero-order valence-corrected chi connectivity index (χ0v) is 10.8. The molecule has 17 heavy (non-hydrogen) atoms. The quantitative estimate of drug-likeness (QED) is 0.874. The van der Waals surface area contributed by atoms with Crippen molar-refractivity contribution in [3.63, 3.8) is 0 Å². The molecule has 0 unspecified atom stereocenters. The lowest BCUT2D eigenvalue weighted by molar-refractivity contribution is -0.109. The van der Waals surface area contributed by atoms with Crippen molar-refractivity contribution in [1.29, 1.82) is 0 Å². The fourth-order valence-electron chi connectivity index (χ4n) is 1.35. The molecule has 0 aliphatic carbocycles. The van der Waals surface area contributed by atoms with Crippen molar-refractivity contribution in [2.24, 2.45) is 0 Å². The third kappa shape index (κ3) is 4.63. The van der Waals surface area contributed by atoms with Gasteiger partial charge in [0.05, 0.1) is 13.7 Å². The van der Waals surface area contributed by atoms with Gasteiger partial charge in [0.1, 0.15) is 5.75 Å². The van der Waals surface area contributed by atoms with Crippen LogP contribution in [0.2, 0.25) is 0 Å². The molecule has 1 aromatic rings. The van der Waals surface area contributed by atoms with Crippen molar-refractivity contribution in [3.05, 3.63) is 35.4 Å². The lowest BCUT2D eigenvalue weighted by Gasteiger charge is -2.06. The molecule has 0 saturated heterocycles. The Bertz CT molecular complexity index is 413. The van der Waals surface area contributed by atoms with Gasteiger partial charge in [0, 0.05) is 18.2 Å². The van der Waals surface area contributed by atoms with E-state index >= 15 is 0 Å². The van der Waals surface area contributed by atoms with Gasteiger partial charge in [-0.15, -0.1) is 0 Å². The number of hydrogen-bond donors (Lipinski definition) is 1. The molecule has 0 radical (unpaired) electrons. The van der Waals surface area contributed by atoms with Crippen LogP contribution in [0, 0.1) is 0 Å². The number of methoxy groups -OCH3 is 1. The molecule has 1 rings (SSSR count). The van der Waals surface area contributed by atoms with Crippen molar-refractivity contribution < 1.29 is 14.6 Å². The van der Waals surface area contributed by atoms with Gasteiger partial charge in [0.2, 0.25) is 0 Å². The Morgan fingerprint density at radius 3 is 2.88 bits per heavy atom. The van der Waals surface area contributed by atoms with Crippen LogP contribution < -0.4 is 4.74 Å². The summed E-state index contributed by atoms with van der Waals surface area (Å²) in [7, 11) is 1.61. The monoisotopic (exact) mass is 252 g/mol. The number of aliphatic hydroxyl groups is 1. The van der Waals surface area contributed by atoms with Crippen LogP contribution in [0.5, 0.6) is 5.75 Å². The minimum Gasteiger partial charge on any atom is -0.496 e. The highest BCUT2D eigenvalue weighted by atomic mass is 32.2. The maximum absolute atomic E-state index is 10.7. The van der Waals surface area contributed by atoms with E-state index in [-0.39, 0.29) is 11.7 Å². The average molecular weight is 252 g/mol. The average Bonchev–Trinajstić information content (AvgIpc) is 2.34. The van der Waals surface area contributed by atoms with Gasteiger partial charge in [-0.1, -0.05) is 30.0 Å². The second-order valence-corrected chi connectivity index (χ2v) is 4.64. The van der Waals surface area contributed by atoms with E-state index in [0.717, 1.165) is 16.9 Å². The number of ether oxygens (including phenoxy) is 1. The third-order valence-electron chi connectivity index (χ3n) is 2.16. The standard InChI is InChI=1S/C13H16O3S/c1-10(15)17-7-3-4-12-8-11(9-14)5-6-13(12)16-2/h3-6,8,14H,7,9H2,1-2H3. The summed E-state index contributed by atoms with van der Waals surface area (Å²) in [6, 6.07) is 5.51. The minimum atomic E-state index is 0.00697. The number of carbonyl (C=O) groups is 1. The lowest BCUT2D eigenvalue weighted by Crippen LogP contribution is -1.90. The largest absolute Gasteiger partial charge is 0.496 e. The first-order valence-electron chi connectivity index (χ1n) is 5.25. The van der Waals surface area contributed by atoms with Crippen molar-refractivity contribution in [2.75, 3.05) is 12.9 Å². The van der Waals surface area contributed by atoms with Gasteiger partial charge in [-0.05, 0) is 17.7 Å². The van der Waals surface area contributed by atoms with E-state index in [1.165, 1.54) is 11.8 Å². The Kier molecular flexibility index (Phi) is 5.80. The molecule has 92 valence electrons. The Balaban J connectivity index is 2.76. The normalized spacial score (nSPS) is 10.8. The van der Waals surface area contributed by atoms with E-state index in [1.807, 2.05) is 30.4 Å². The Hall–Kier alpha value is -1.26. The SMILES string of the molecule is COc1ccc(CO)cc1C=CCSC(C)=O. The fraction of sp³-hybridized carbons (Fsp3) is 0.308. The smallest absolute Gasteiger partial charge is 0.186 e. The number of carbonyl (C=O) groups excluding carboxylic acids is 1. The Morgan fingerprint density at radius 2 is 2.29 bits per heavy atom. The molecule has 0 aliphatic rings. The molecule has 0 spiro atoms. The summed E-state index contributed by atoms with van der Waals surface area (Å²) >= 11 is 1.26. The molecule has 0 aromatic heterocycles. The third-order valence-corrected chi connectivity index (χ3v) is 2.92. The van der Waals surface area contributed by atoms with E-state index in [1.54, 1.807) is 14.0 Å². The highest BCUT2D eigenvalue weighted by Gasteiger charge is 2.00. The number of hydrogen-bond acceptors (Lipinski definition) is 4. The van der Waals surface area contributed by atoms with Crippen LogP contribution in [0.25, 0.3) is 6.08 Å². The summed E-state index contributed by atoms with van der Waals surface area (Å²) in [5.74, 6) is 1.40. The molecule has 0 heterocycles. The van der Waals surface area contributed by atoms with Gasteiger partial charge in [-0.2, -0.15) is 0 Å². The topological polar surface area (TPSA) is 46.5 Å². The van der Waals surface area contributed by atoms with Gasteiger partial charge in [-0.25, -0.2) is 0 Å². The van der Waals surface area contributed by atoms with E-state index in [4.69, 9.17) is 9.84 Å². The second-order valence-electron chi connectivity index (χ2n) is 3.44. The predicted octanol–water partition coefficient (Wildman–Crippen LogP) is 2.48. The van der Waals surface area contributed by atoms with Crippen molar-refractivity contribution in [1.82, 2.24) is 0 Å². The molecule has 0 amide bonds. The molecule has 0 saturated carbocycles. The molecule has 0 bridgehead atoms. The van der Waals surface area contributed by atoms with Crippen LogP contribution in [0.4, 0.5) is 0 Å². The van der Waals surface area contributed by atoms with Crippen LogP contribution in [-0.2, 0) is 11.4 Å². The lowest BCUT2D eigenvalue weighted by atomic mass is 10.1. The molecule has 1 aromatic carbocycles. The summed E-state index contributed by atoms with van der Waals surface area (Å²) in [6.07, 6.45) is 3.80. The molecular weight excluding hydrogens is 236 g/mol. The number of rotatable bonds is 5. The van der Waals surface area contributed by atoms with Crippen LogP contribution >= 0.6 is 11.8 Å². The molecule has 0 aliphatic heterocycles. The van der Waals surface area contributed by atoms with E-state index < -0.39 is 0 Å². The summed E-state index contributed by atoms with van der Waals surface area (Å²) < 4.78 is 5.22. The molecule has 1 N–H and O–H groups in total. The first-order chi connectivity index (χ1) is 8.17. The summed E-state index contributed by atoms with van der Waals surface area (Å²) in [5, 5.41) is 9.16. The molecular formula is C13H16O3S. The van der Waals surface area contributed by atoms with Crippen LogP contribution in [-0.4, -0.2) is 23.1 Å². The van der Waals surface area contributed by atoms with Crippen molar-refractivity contribution >= 4 is 23.0 Å². The van der Waals surface area contributed by atoms with Gasteiger partial charge in [-0.3, -0.25) is 4.79 Å². The second kappa shape index (κ2) is 7.14. The minimum absolute atomic E-state index is 0.00697. The van der Waals surface area contributed by atoms with E-state index in [0.29, 0.717) is 5.75 Å². The highest BCUT2D eigenvalue weighted by molar-refractivity contribution is 8.13. The zero-order valence-electron chi connectivity index (χ0n) is 9.97. The van der Waals surface area contributed by atoms with Crippen LogP contribution in [0.1, 0.15) is 18.1 Å².